The van der Waals surface area contributed by atoms with E-state index < -0.39 is 0 Å². The van der Waals surface area contributed by atoms with Crippen LogP contribution >= 0.6 is 0 Å². The molecule has 0 saturated carbocycles. The van der Waals surface area contributed by atoms with Crippen LogP contribution in [0, 0.1) is 5.92 Å². The van der Waals surface area contributed by atoms with Gasteiger partial charge in [-0.15, -0.1) is 0 Å². The second-order valence-corrected chi connectivity index (χ2v) is 5.69. The molecule has 3 rings (SSSR count). The molecule has 0 aromatic rings. The normalized spacial score (nSPS) is 36.1. The first-order valence-corrected chi connectivity index (χ1v) is 7.05. The monoisotopic (exact) mass is 251 g/mol. The van der Waals surface area contributed by atoms with Gasteiger partial charge in [0.05, 0.1) is 6.04 Å². The molecule has 3 heterocycles. The van der Waals surface area contributed by atoms with Crippen molar-refractivity contribution in [2.75, 3.05) is 19.6 Å². The maximum atomic E-state index is 12.3. The van der Waals surface area contributed by atoms with Crippen molar-refractivity contribution in [1.29, 1.82) is 0 Å². The highest BCUT2D eigenvalue weighted by Crippen LogP contribution is 2.26. The van der Waals surface area contributed by atoms with Crippen molar-refractivity contribution in [3.8, 4) is 0 Å². The van der Waals surface area contributed by atoms with E-state index in [0.717, 1.165) is 45.3 Å². The van der Waals surface area contributed by atoms with Crippen molar-refractivity contribution >= 4 is 11.8 Å². The lowest BCUT2D eigenvalue weighted by Gasteiger charge is -2.42. The minimum Gasteiger partial charge on any atom is -0.353 e. The zero-order valence-electron chi connectivity index (χ0n) is 10.7. The summed E-state index contributed by atoms with van der Waals surface area (Å²) in [4.78, 5) is 25.7. The van der Waals surface area contributed by atoms with Crippen molar-refractivity contribution in [3.63, 3.8) is 0 Å². The fourth-order valence-corrected chi connectivity index (χ4v) is 3.43. The first kappa shape index (κ1) is 12.0. The average Bonchev–Trinajstić information content (AvgIpc) is 2.91. The molecule has 5 nitrogen and oxygen atoms in total. The standard InChI is InChI=1S/C13H21N3O2/c17-12-4-3-9-8-16(7-5-10(9)15-12)13(18)11-2-1-6-14-11/h9-11,14H,1-8H2,(H,15,17). The Hall–Kier alpha value is -1.10. The van der Waals surface area contributed by atoms with E-state index in [1.807, 2.05) is 4.90 Å². The van der Waals surface area contributed by atoms with Gasteiger partial charge >= 0.3 is 0 Å². The number of piperidine rings is 2. The van der Waals surface area contributed by atoms with E-state index in [1.54, 1.807) is 0 Å². The summed E-state index contributed by atoms with van der Waals surface area (Å²) in [6.07, 6.45) is 4.53. The Morgan fingerprint density at radius 1 is 1.28 bits per heavy atom. The Kier molecular flexibility index (Phi) is 3.24. The molecule has 3 aliphatic rings. The number of hydrogen-bond acceptors (Lipinski definition) is 3. The smallest absolute Gasteiger partial charge is 0.239 e. The molecule has 3 unspecified atom stereocenters. The van der Waals surface area contributed by atoms with Gasteiger partial charge in [-0.1, -0.05) is 0 Å². The maximum absolute atomic E-state index is 12.3. The van der Waals surface area contributed by atoms with Gasteiger partial charge < -0.3 is 15.5 Å². The van der Waals surface area contributed by atoms with E-state index >= 15 is 0 Å². The fourth-order valence-electron chi connectivity index (χ4n) is 3.43. The van der Waals surface area contributed by atoms with Crippen molar-refractivity contribution in [3.05, 3.63) is 0 Å². The minimum atomic E-state index is 0.0414. The van der Waals surface area contributed by atoms with Crippen LogP contribution in [0.4, 0.5) is 0 Å². The number of nitrogens with zero attached hydrogens (tertiary/aromatic N) is 1. The Morgan fingerprint density at radius 3 is 2.94 bits per heavy atom. The summed E-state index contributed by atoms with van der Waals surface area (Å²) >= 11 is 0. The van der Waals surface area contributed by atoms with Crippen molar-refractivity contribution in [1.82, 2.24) is 15.5 Å². The quantitative estimate of drug-likeness (QED) is 0.682. The van der Waals surface area contributed by atoms with Gasteiger partial charge in [0, 0.05) is 25.6 Å². The van der Waals surface area contributed by atoms with Gasteiger partial charge in [0.25, 0.3) is 0 Å². The molecule has 3 aliphatic heterocycles. The molecule has 2 amide bonds. The number of fused-ring (bicyclic) bond motifs is 1. The third-order valence-electron chi connectivity index (χ3n) is 4.49. The molecule has 100 valence electrons. The van der Waals surface area contributed by atoms with Gasteiger partial charge in [0.15, 0.2) is 0 Å². The molecule has 0 radical (unpaired) electrons. The maximum Gasteiger partial charge on any atom is 0.239 e. The Labute approximate surface area is 107 Å². The summed E-state index contributed by atoms with van der Waals surface area (Å²) in [5, 5.41) is 6.33. The zero-order valence-corrected chi connectivity index (χ0v) is 10.7. The highest BCUT2D eigenvalue weighted by Gasteiger charge is 2.37. The van der Waals surface area contributed by atoms with Crippen LogP contribution in [-0.4, -0.2) is 48.4 Å². The lowest BCUT2D eigenvalue weighted by Crippen LogP contribution is -2.57. The summed E-state index contributed by atoms with van der Waals surface area (Å²) in [5.41, 5.74) is 0. The van der Waals surface area contributed by atoms with Crippen LogP contribution in [0.15, 0.2) is 0 Å². The number of likely N-dealkylation sites (tertiary alicyclic amines) is 1. The molecule has 0 bridgehead atoms. The van der Waals surface area contributed by atoms with Gasteiger partial charge in [0.1, 0.15) is 0 Å². The lowest BCUT2D eigenvalue weighted by atomic mass is 9.85. The summed E-state index contributed by atoms with van der Waals surface area (Å²) in [5.74, 6) is 0.901. The van der Waals surface area contributed by atoms with E-state index in [1.165, 1.54) is 0 Å². The Balaban J connectivity index is 1.59. The largest absolute Gasteiger partial charge is 0.353 e. The highest BCUT2D eigenvalue weighted by molar-refractivity contribution is 5.82. The van der Waals surface area contributed by atoms with Crippen LogP contribution in [-0.2, 0) is 9.59 Å². The van der Waals surface area contributed by atoms with E-state index in [0.29, 0.717) is 18.4 Å². The Morgan fingerprint density at radius 2 is 2.17 bits per heavy atom. The molecule has 3 atom stereocenters. The van der Waals surface area contributed by atoms with Crippen LogP contribution in [0.3, 0.4) is 0 Å². The second-order valence-electron chi connectivity index (χ2n) is 5.69. The number of carbonyl (C=O) groups excluding carboxylic acids is 2. The number of nitrogens with one attached hydrogen (secondary N) is 2. The van der Waals surface area contributed by atoms with E-state index in [-0.39, 0.29) is 17.9 Å². The lowest BCUT2D eigenvalue weighted by molar-refractivity contribution is -0.136. The van der Waals surface area contributed by atoms with Crippen molar-refractivity contribution in [2.24, 2.45) is 5.92 Å². The van der Waals surface area contributed by atoms with E-state index in [9.17, 15) is 9.59 Å². The van der Waals surface area contributed by atoms with E-state index in [4.69, 9.17) is 0 Å². The molecule has 3 saturated heterocycles. The predicted octanol–water partition coefficient (Wildman–Crippen LogP) is -0.134. The number of hydrogen-bond donors (Lipinski definition) is 2. The first-order valence-electron chi connectivity index (χ1n) is 7.05. The molecule has 0 aliphatic carbocycles. The highest BCUT2D eigenvalue weighted by atomic mass is 16.2. The SMILES string of the molecule is O=C1CCC2CN(C(=O)C3CCCN3)CCC2N1. The summed E-state index contributed by atoms with van der Waals surface area (Å²) in [6, 6.07) is 0.339. The van der Waals surface area contributed by atoms with Crippen molar-refractivity contribution in [2.45, 2.75) is 44.2 Å². The molecule has 3 fully saturated rings. The Bertz CT molecular complexity index is 352. The van der Waals surface area contributed by atoms with Gasteiger partial charge in [0.2, 0.25) is 11.8 Å². The summed E-state index contributed by atoms with van der Waals surface area (Å²) < 4.78 is 0. The van der Waals surface area contributed by atoms with Gasteiger partial charge in [-0.05, 0) is 38.1 Å². The number of rotatable bonds is 1. The van der Waals surface area contributed by atoms with Crippen LogP contribution in [0.25, 0.3) is 0 Å². The minimum absolute atomic E-state index is 0.0414. The molecular formula is C13H21N3O2. The van der Waals surface area contributed by atoms with Gasteiger partial charge in [-0.2, -0.15) is 0 Å². The summed E-state index contributed by atoms with van der Waals surface area (Å²) in [7, 11) is 0. The topological polar surface area (TPSA) is 61.4 Å². The molecule has 0 spiro atoms. The second kappa shape index (κ2) is 4.88. The third-order valence-corrected chi connectivity index (χ3v) is 4.49. The van der Waals surface area contributed by atoms with E-state index in [2.05, 4.69) is 10.6 Å². The van der Waals surface area contributed by atoms with Crippen LogP contribution < -0.4 is 10.6 Å². The van der Waals surface area contributed by atoms with Crippen LogP contribution in [0.2, 0.25) is 0 Å². The predicted molar refractivity (Wildman–Crippen MR) is 66.9 cm³/mol. The molecular weight excluding hydrogens is 230 g/mol. The molecule has 0 aromatic heterocycles. The molecule has 5 heteroatoms. The molecule has 0 aromatic carbocycles. The third kappa shape index (κ3) is 2.23. The summed E-state index contributed by atoms with van der Waals surface area (Å²) in [6.45, 7) is 2.58. The first-order chi connectivity index (χ1) is 8.74. The van der Waals surface area contributed by atoms with Crippen LogP contribution in [0.5, 0.6) is 0 Å². The number of amides is 2. The van der Waals surface area contributed by atoms with Gasteiger partial charge in [-0.3, -0.25) is 9.59 Å². The van der Waals surface area contributed by atoms with Crippen molar-refractivity contribution < 1.29 is 9.59 Å². The zero-order chi connectivity index (χ0) is 12.5. The molecule has 18 heavy (non-hydrogen) atoms. The fraction of sp³-hybridized carbons (Fsp3) is 0.846. The van der Waals surface area contributed by atoms with Gasteiger partial charge in [-0.25, -0.2) is 0 Å². The molecule has 2 N–H and O–H groups in total. The van der Waals surface area contributed by atoms with Crippen LogP contribution in [0.1, 0.15) is 32.1 Å². The number of carbonyl (C=O) groups is 2. The average molecular weight is 251 g/mol.